The maximum atomic E-state index is 12.8. The molecular formula is C88H95N21O23S6. The van der Waals surface area contributed by atoms with Crippen LogP contribution in [0.25, 0.3) is 30.2 Å². The van der Waals surface area contributed by atoms with Gasteiger partial charge in [0.05, 0.1) is 42.7 Å². The number of ketones is 5. The topological polar surface area (TPSA) is 567 Å². The maximum absolute atomic E-state index is 12.8. The van der Waals surface area contributed by atoms with Crippen molar-refractivity contribution in [3.63, 3.8) is 0 Å². The quantitative estimate of drug-likeness (QED) is 0.0388. The van der Waals surface area contributed by atoms with Crippen LogP contribution >= 0.6 is 0 Å². The Morgan fingerprint density at radius 2 is 0.645 bits per heavy atom. The Labute approximate surface area is 802 Å². The van der Waals surface area contributed by atoms with Gasteiger partial charge in [-0.25, -0.2) is 62.9 Å². The molecule has 15 heterocycles. The second-order valence-electron chi connectivity index (χ2n) is 33.2. The van der Waals surface area contributed by atoms with E-state index in [4.69, 9.17) is 14.2 Å². The van der Waals surface area contributed by atoms with Crippen LogP contribution in [0.15, 0.2) is 171 Å². The molecular weight excluding hydrogens is 1910 g/mol. The summed E-state index contributed by atoms with van der Waals surface area (Å²) in [6.45, 7) is 7.23. The summed E-state index contributed by atoms with van der Waals surface area (Å²) >= 11 is 0. The summed E-state index contributed by atoms with van der Waals surface area (Å²) in [5.74, 6) is -1.99. The average molecular weight is 2010 g/mol. The number of aromatic nitrogens is 12. The number of nitrogens with zero attached hydrogens (tertiary/aromatic N) is 14. The molecule has 5 fully saturated rings. The van der Waals surface area contributed by atoms with Crippen LogP contribution in [0.3, 0.4) is 0 Å². The Morgan fingerprint density at radius 1 is 0.355 bits per heavy atom. The summed E-state index contributed by atoms with van der Waals surface area (Å²) in [5, 5.41) is 28.5. The van der Waals surface area contributed by atoms with E-state index >= 15 is 0 Å². The molecule has 9 amide bonds. The molecule has 2 aromatic carbocycles. The van der Waals surface area contributed by atoms with Gasteiger partial charge >= 0.3 is 12.2 Å². The summed E-state index contributed by atoms with van der Waals surface area (Å²) in [4.78, 5) is 168. The van der Waals surface area contributed by atoms with Gasteiger partial charge in [0, 0.05) is 181 Å². The third-order valence-corrected chi connectivity index (χ3v) is 29.0. The van der Waals surface area contributed by atoms with Crippen LogP contribution < -0.4 is 33.6 Å². The lowest BCUT2D eigenvalue weighted by Crippen LogP contribution is -2.42. The van der Waals surface area contributed by atoms with Gasteiger partial charge in [0.1, 0.15) is 42.1 Å². The minimum atomic E-state index is -1.65. The van der Waals surface area contributed by atoms with Crippen molar-refractivity contribution in [1.29, 1.82) is 0 Å². The predicted molar refractivity (Wildman–Crippen MR) is 498 cm³/mol. The zero-order valence-electron chi connectivity index (χ0n) is 74.2. The van der Waals surface area contributed by atoms with Crippen molar-refractivity contribution in [3.05, 3.63) is 216 Å². The van der Waals surface area contributed by atoms with Gasteiger partial charge in [0.15, 0.2) is 96.1 Å². The number of carbonyl (C=O) groups excluding carboxylic acids is 14. The highest BCUT2D eigenvalue weighted by molar-refractivity contribution is 7.95. The Morgan fingerprint density at radius 3 is 0.949 bits per heavy atom. The number of Topliss-reactive ketones (excluding diaryl/α,β-unsaturated/α-hetero) is 5. The third-order valence-electron chi connectivity index (χ3n) is 22.5. The van der Waals surface area contributed by atoms with Crippen molar-refractivity contribution < 1.29 is 107 Å². The summed E-state index contributed by atoms with van der Waals surface area (Å²) in [6.07, 6.45) is 35.9. The Bertz CT molecular complexity index is 6400. The Kier molecular flexibility index (Phi) is 34.0. The number of likely N-dealkylation sites (tertiary alicyclic amines) is 2. The number of nitrogens with one attached hydrogen (secondary N) is 7. The van der Waals surface area contributed by atoms with E-state index in [1.54, 1.807) is 59.4 Å². The van der Waals surface area contributed by atoms with E-state index in [-0.39, 0.29) is 123 Å². The number of benzene rings is 2. The summed E-state index contributed by atoms with van der Waals surface area (Å²) < 4.78 is 107. The fourth-order valence-corrected chi connectivity index (χ4v) is 20.0. The molecule has 138 heavy (non-hydrogen) atoms. The van der Waals surface area contributed by atoms with Crippen molar-refractivity contribution in [3.8, 4) is 0 Å². The van der Waals surface area contributed by atoms with Crippen LogP contribution in [0.5, 0.6) is 0 Å². The van der Waals surface area contributed by atoms with Gasteiger partial charge in [-0.3, -0.25) is 85.9 Å². The first-order valence-corrected chi connectivity index (χ1v) is 50.6. The molecule has 0 bridgehead atoms. The Hall–Kier alpha value is -13.8. The molecule has 44 nitrogen and oxygen atoms in total. The van der Waals surface area contributed by atoms with Crippen molar-refractivity contribution >= 4 is 179 Å². The summed E-state index contributed by atoms with van der Waals surface area (Å²) in [6, 6.07) is 19.0. The highest BCUT2D eigenvalue weighted by atomic mass is 32.2. The minimum absolute atomic E-state index is 0.0100. The number of ether oxygens (including phenoxy) is 3. The predicted octanol–water partition coefficient (Wildman–Crippen LogP) is 3.28. The van der Waals surface area contributed by atoms with Crippen LogP contribution in [-0.2, 0) is 178 Å². The second kappa shape index (κ2) is 46.8. The highest BCUT2D eigenvalue weighted by Gasteiger charge is 2.36. The van der Waals surface area contributed by atoms with Crippen LogP contribution in [0.4, 0.5) is 9.59 Å². The lowest BCUT2D eigenvalue weighted by atomic mass is 9.80. The lowest BCUT2D eigenvalue weighted by molar-refractivity contribution is -0.125. The molecule has 3 saturated heterocycles. The first-order valence-electron chi connectivity index (χ1n) is 43.7. The van der Waals surface area contributed by atoms with Gasteiger partial charge in [0.25, 0.3) is 41.4 Å². The van der Waals surface area contributed by atoms with Crippen molar-refractivity contribution in [2.24, 2.45) is 29.6 Å². The van der Waals surface area contributed by atoms with Crippen LogP contribution in [0.1, 0.15) is 134 Å². The standard InChI is InChI=1S/2C21H22N4O5S.C13H15N3O4S.C12H13N3O3S.C11H11N3O3S.C10H12N4O3S/c26-18(9-16-11-22-25(12-16)20-10-19(27)23-31(20)29)17-7-4-8-24(13-17)21(28)30-14-15-5-2-1-3-6-15;26-18(10-16-12-22-25(13-16)20-11-19(27)23-31(20)29)17-6-8-24(9-7-17)21(28)30-14-15-4-2-1-3-5-15;17-11(10-1-3-20-4-2-10)5-9-7-14-16(8-9)13-6-12(18)15-21(13)19;16-10(9-2-1-3-9)4-8-6-13-15(7-8)12-5-11(17)14-19(12)18;15-9(8-1-2-8)3-7-5-12-14(6-7)11-4-10(16)13-18(11)17;1-6(2)12-10(16)7-4-11-14(5-7)9-3-8(15)13-18(9)17/h1-3,5-6,10-12,17H,4,7-9,13-14H2,(H,23,27);1-5,11-13,17H,6-10,14H2,(H,23,27);6-8,10H,1-5H2,(H,15,18);5-7,9H,1-4H2,(H,14,17);4-6,8H,1-3H2,(H,13,16);3-6H,1-2H3,(H,12,16)(H,13,15). The van der Waals surface area contributed by atoms with E-state index in [0.29, 0.717) is 105 Å². The van der Waals surface area contributed by atoms with E-state index in [2.05, 4.69) is 64.2 Å². The number of rotatable bonds is 27. The molecule has 11 aliphatic rings. The number of piperidine rings is 2. The van der Waals surface area contributed by atoms with Crippen LogP contribution in [0.2, 0.25) is 0 Å². The van der Waals surface area contributed by atoms with E-state index in [1.165, 1.54) is 89.3 Å². The molecule has 0 radical (unpaired) electrons. The van der Waals surface area contributed by atoms with E-state index in [1.807, 2.05) is 74.5 Å². The van der Waals surface area contributed by atoms with Gasteiger partial charge in [0.2, 0.25) is 0 Å². The van der Waals surface area contributed by atoms with Crippen molar-refractivity contribution in [2.45, 2.75) is 136 Å². The third kappa shape index (κ3) is 27.6. The van der Waals surface area contributed by atoms with Gasteiger partial charge in [-0.2, -0.15) is 30.6 Å². The minimum Gasteiger partial charge on any atom is -0.445 e. The van der Waals surface area contributed by atoms with Crippen LogP contribution in [0, 0.1) is 29.6 Å². The molecule has 9 aliphatic heterocycles. The largest absolute Gasteiger partial charge is 0.445 e. The van der Waals surface area contributed by atoms with E-state index < -0.39 is 107 Å². The Balaban J connectivity index is 0.000000134. The number of hydrogen-bond acceptors (Lipinski definition) is 29. The molecule has 8 aromatic rings. The van der Waals surface area contributed by atoms with E-state index in [0.717, 1.165) is 79.2 Å². The maximum Gasteiger partial charge on any atom is 0.410 e. The number of amides is 9. The second-order valence-corrected chi connectivity index (χ2v) is 40.2. The molecule has 19 rings (SSSR count). The molecule has 0 spiro atoms. The summed E-state index contributed by atoms with van der Waals surface area (Å²) in [5.41, 5.74) is 5.85. The molecule has 6 aromatic heterocycles. The average Bonchev–Trinajstić information content (AvgIpc) is 1.71. The van der Waals surface area contributed by atoms with Gasteiger partial charge in [-0.05, 0) is 117 Å². The van der Waals surface area contributed by atoms with Gasteiger partial charge in [-0.15, -0.1) is 0 Å². The first-order chi connectivity index (χ1) is 66.3. The van der Waals surface area contributed by atoms with Crippen LogP contribution in [-0.4, -0.2) is 222 Å². The number of hydrogen-bond donors (Lipinski definition) is 7. The smallest absolute Gasteiger partial charge is 0.410 e. The summed E-state index contributed by atoms with van der Waals surface area (Å²) in [7, 11) is -9.62. The molecule has 2 saturated carbocycles. The molecule has 726 valence electrons. The molecule has 2 aliphatic carbocycles. The molecule has 7 atom stereocenters. The molecule has 7 N–H and O–H groups in total. The SMILES string of the molecule is CC(C)NC(=O)c1cnn(C2=CC(=O)NS2=O)c1.O=C1C=C(n2cc(CC(=O)C3CC3)cn2)S(=O)N1.O=C1C=C(n2cc(CC(=O)C3CCC3)cn2)S(=O)N1.O=C1C=C(n2cc(CC(=O)C3CCCN(C(=O)OCc4ccccc4)C3)cn2)S(=O)N1.O=C1C=C(n2cc(CC(=O)C3CCN(C(=O)OCc4ccccc4)CC3)cn2)S(=O)N1.O=C1C=C(n2cc(CC(=O)C3CCOCC3)cn2)S(=O)N1. The van der Waals surface area contributed by atoms with Gasteiger partial charge in [-0.1, -0.05) is 67.1 Å². The highest BCUT2D eigenvalue weighted by Crippen LogP contribution is 2.33. The molecule has 50 heteroatoms. The fraction of sp³-hybridized carbons (Fsp3) is 0.364. The number of carbonyl (C=O) groups is 14. The molecule has 7 unspecified atom stereocenters. The van der Waals surface area contributed by atoms with Crippen molar-refractivity contribution in [2.75, 3.05) is 39.4 Å². The fourth-order valence-electron chi connectivity index (χ4n) is 15.0. The monoisotopic (exact) mass is 2010 g/mol. The zero-order chi connectivity index (χ0) is 97.8. The first kappa shape index (κ1) is 100. The van der Waals surface area contributed by atoms with Gasteiger partial charge < -0.3 is 29.3 Å². The van der Waals surface area contributed by atoms with E-state index in [9.17, 15) is 92.4 Å². The lowest BCUT2D eigenvalue weighted by Gasteiger charge is -2.31. The normalized spacial score (nSPS) is 21.0. The zero-order valence-corrected chi connectivity index (χ0v) is 79.1. The van der Waals surface area contributed by atoms with Crippen molar-refractivity contribution in [1.82, 2.24) is 102 Å².